The van der Waals surface area contributed by atoms with Gasteiger partial charge in [0.2, 0.25) is 0 Å². The predicted molar refractivity (Wildman–Crippen MR) is 73.5 cm³/mol. The molecule has 0 aliphatic rings. The minimum absolute atomic E-state index is 0.0106. The van der Waals surface area contributed by atoms with Gasteiger partial charge in [-0.15, -0.1) is 0 Å². The predicted octanol–water partition coefficient (Wildman–Crippen LogP) is 3.21. The van der Waals surface area contributed by atoms with Crippen LogP contribution in [0.25, 0.3) is 11.1 Å². The van der Waals surface area contributed by atoms with E-state index in [-0.39, 0.29) is 5.91 Å². The van der Waals surface area contributed by atoms with Crippen molar-refractivity contribution in [3.05, 3.63) is 48.3 Å². The highest BCUT2D eigenvalue weighted by Gasteiger charge is 2.12. The van der Waals surface area contributed by atoms with Crippen LogP contribution in [0.3, 0.4) is 0 Å². The quantitative estimate of drug-likeness (QED) is 0.777. The molecule has 1 amide bonds. The Kier molecular flexibility index (Phi) is 4.18. The first-order valence-electron chi connectivity index (χ1n) is 6.33. The number of hydrogen-bond donors (Lipinski definition) is 2. The third-order valence-corrected chi connectivity index (χ3v) is 2.89. The summed E-state index contributed by atoms with van der Waals surface area (Å²) in [5, 5.41) is 2.94. The Bertz CT molecular complexity index is 502. The highest BCUT2D eigenvalue weighted by Crippen LogP contribution is 2.22. The molecular formula is C15H18N2O. The van der Waals surface area contributed by atoms with Crippen LogP contribution in [0.1, 0.15) is 30.1 Å². The zero-order chi connectivity index (χ0) is 12.8. The fourth-order valence-corrected chi connectivity index (χ4v) is 1.88. The maximum absolute atomic E-state index is 12.0. The van der Waals surface area contributed by atoms with Crippen LogP contribution in [-0.2, 0) is 0 Å². The topological polar surface area (TPSA) is 44.9 Å². The standard InChI is InChI=1S/C15H18N2O/c1-2-3-9-17-15(18)14-11-16-10-13(14)12-7-5-4-6-8-12/h4-8,10-11,16H,2-3,9H2,1H3,(H,17,18). The second kappa shape index (κ2) is 6.05. The normalized spacial score (nSPS) is 10.3. The van der Waals surface area contributed by atoms with Gasteiger partial charge >= 0.3 is 0 Å². The van der Waals surface area contributed by atoms with Gasteiger partial charge in [-0.1, -0.05) is 43.7 Å². The number of hydrogen-bond acceptors (Lipinski definition) is 1. The second-order valence-corrected chi connectivity index (χ2v) is 4.26. The van der Waals surface area contributed by atoms with Gasteiger partial charge in [-0.25, -0.2) is 0 Å². The molecule has 0 aliphatic carbocycles. The molecule has 0 fully saturated rings. The van der Waals surface area contributed by atoms with Crippen LogP contribution in [0.2, 0.25) is 0 Å². The van der Waals surface area contributed by atoms with Crippen LogP contribution in [0, 0.1) is 0 Å². The van der Waals surface area contributed by atoms with Crippen LogP contribution >= 0.6 is 0 Å². The van der Waals surface area contributed by atoms with Crippen LogP contribution in [-0.4, -0.2) is 17.4 Å². The Morgan fingerprint density at radius 1 is 1.22 bits per heavy atom. The number of rotatable bonds is 5. The molecule has 2 N–H and O–H groups in total. The summed E-state index contributed by atoms with van der Waals surface area (Å²) in [6.07, 6.45) is 5.71. The lowest BCUT2D eigenvalue weighted by Gasteiger charge is -2.05. The van der Waals surface area contributed by atoms with Crippen molar-refractivity contribution in [1.82, 2.24) is 10.3 Å². The first-order chi connectivity index (χ1) is 8.83. The van der Waals surface area contributed by atoms with E-state index in [0.717, 1.165) is 30.5 Å². The second-order valence-electron chi connectivity index (χ2n) is 4.26. The third kappa shape index (κ3) is 2.80. The van der Waals surface area contributed by atoms with Gasteiger partial charge in [0.1, 0.15) is 0 Å². The molecule has 0 atom stereocenters. The first kappa shape index (κ1) is 12.4. The molecule has 3 heteroatoms. The molecule has 1 aromatic carbocycles. The monoisotopic (exact) mass is 242 g/mol. The lowest BCUT2D eigenvalue weighted by molar-refractivity contribution is 0.0954. The van der Waals surface area contributed by atoms with E-state index < -0.39 is 0 Å². The van der Waals surface area contributed by atoms with Gasteiger partial charge in [0.15, 0.2) is 0 Å². The van der Waals surface area contributed by atoms with Crippen molar-refractivity contribution in [2.24, 2.45) is 0 Å². The van der Waals surface area contributed by atoms with Gasteiger partial charge in [0.25, 0.3) is 5.91 Å². The van der Waals surface area contributed by atoms with Crippen molar-refractivity contribution in [2.75, 3.05) is 6.54 Å². The molecule has 0 saturated carbocycles. The summed E-state index contributed by atoms with van der Waals surface area (Å²) in [6.45, 7) is 2.84. The van der Waals surface area contributed by atoms with E-state index >= 15 is 0 Å². The molecule has 18 heavy (non-hydrogen) atoms. The lowest BCUT2D eigenvalue weighted by atomic mass is 10.0. The lowest BCUT2D eigenvalue weighted by Crippen LogP contribution is -2.24. The molecule has 0 spiro atoms. The highest BCUT2D eigenvalue weighted by molar-refractivity contribution is 6.00. The molecule has 0 aliphatic heterocycles. The van der Waals surface area contributed by atoms with Crippen molar-refractivity contribution >= 4 is 5.91 Å². The van der Waals surface area contributed by atoms with Crippen molar-refractivity contribution in [1.29, 1.82) is 0 Å². The van der Waals surface area contributed by atoms with Gasteiger partial charge in [0.05, 0.1) is 5.56 Å². The number of aromatic amines is 1. The number of unbranched alkanes of at least 4 members (excludes halogenated alkanes) is 1. The third-order valence-electron chi connectivity index (χ3n) is 2.89. The Morgan fingerprint density at radius 3 is 2.72 bits per heavy atom. The summed E-state index contributed by atoms with van der Waals surface area (Å²) in [6, 6.07) is 9.93. The molecule has 1 aromatic heterocycles. The molecular weight excluding hydrogens is 224 g/mol. The van der Waals surface area contributed by atoms with E-state index in [1.165, 1.54) is 0 Å². The number of H-pyrrole nitrogens is 1. The Morgan fingerprint density at radius 2 is 2.00 bits per heavy atom. The molecule has 3 nitrogen and oxygen atoms in total. The van der Waals surface area contributed by atoms with Gasteiger partial charge in [-0.3, -0.25) is 4.79 Å². The molecule has 0 bridgehead atoms. The number of carbonyl (C=O) groups excluding carboxylic acids is 1. The summed E-state index contributed by atoms with van der Waals surface area (Å²) >= 11 is 0. The van der Waals surface area contributed by atoms with E-state index in [4.69, 9.17) is 0 Å². The number of aromatic nitrogens is 1. The van der Waals surface area contributed by atoms with Gasteiger partial charge in [-0.05, 0) is 12.0 Å². The van der Waals surface area contributed by atoms with Crippen LogP contribution in [0.15, 0.2) is 42.7 Å². The van der Waals surface area contributed by atoms with Crippen molar-refractivity contribution < 1.29 is 4.79 Å². The molecule has 1 heterocycles. The number of amides is 1. The van der Waals surface area contributed by atoms with E-state index in [1.807, 2.05) is 36.5 Å². The molecule has 0 saturated heterocycles. The zero-order valence-corrected chi connectivity index (χ0v) is 10.6. The van der Waals surface area contributed by atoms with Crippen molar-refractivity contribution in [2.45, 2.75) is 19.8 Å². The molecule has 0 unspecified atom stereocenters. The Labute approximate surface area is 107 Å². The van der Waals surface area contributed by atoms with Gasteiger partial charge < -0.3 is 10.3 Å². The summed E-state index contributed by atoms with van der Waals surface area (Å²) < 4.78 is 0. The largest absolute Gasteiger partial charge is 0.366 e. The summed E-state index contributed by atoms with van der Waals surface area (Å²) in [5.41, 5.74) is 2.71. The zero-order valence-electron chi connectivity index (χ0n) is 10.6. The molecule has 2 rings (SSSR count). The average Bonchev–Trinajstić information content (AvgIpc) is 2.89. The number of benzene rings is 1. The SMILES string of the molecule is CCCCNC(=O)c1c[nH]cc1-c1ccccc1. The van der Waals surface area contributed by atoms with E-state index in [0.29, 0.717) is 5.56 Å². The van der Waals surface area contributed by atoms with Crippen LogP contribution < -0.4 is 5.32 Å². The number of nitrogens with one attached hydrogen (secondary N) is 2. The van der Waals surface area contributed by atoms with Crippen molar-refractivity contribution in [3.63, 3.8) is 0 Å². The van der Waals surface area contributed by atoms with Crippen LogP contribution in [0.5, 0.6) is 0 Å². The van der Waals surface area contributed by atoms with Crippen LogP contribution in [0.4, 0.5) is 0 Å². The molecule has 94 valence electrons. The summed E-state index contributed by atoms with van der Waals surface area (Å²) in [7, 11) is 0. The van der Waals surface area contributed by atoms with E-state index in [2.05, 4.69) is 17.2 Å². The Hall–Kier alpha value is -2.03. The molecule has 2 aromatic rings. The summed E-state index contributed by atoms with van der Waals surface area (Å²) in [4.78, 5) is 15.1. The first-order valence-corrected chi connectivity index (χ1v) is 6.33. The summed E-state index contributed by atoms with van der Waals surface area (Å²) in [5.74, 6) is -0.0106. The maximum atomic E-state index is 12.0. The average molecular weight is 242 g/mol. The van der Waals surface area contributed by atoms with E-state index in [9.17, 15) is 4.79 Å². The smallest absolute Gasteiger partial charge is 0.253 e. The van der Waals surface area contributed by atoms with Gasteiger partial charge in [-0.2, -0.15) is 0 Å². The highest BCUT2D eigenvalue weighted by atomic mass is 16.1. The van der Waals surface area contributed by atoms with Gasteiger partial charge in [0, 0.05) is 24.5 Å². The number of carbonyl (C=O) groups is 1. The fourth-order valence-electron chi connectivity index (χ4n) is 1.88. The maximum Gasteiger partial charge on any atom is 0.253 e. The Balaban J connectivity index is 2.15. The fraction of sp³-hybridized carbons (Fsp3) is 0.267. The van der Waals surface area contributed by atoms with Crippen molar-refractivity contribution in [3.8, 4) is 11.1 Å². The molecule has 0 radical (unpaired) electrons. The van der Waals surface area contributed by atoms with E-state index in [1.54, 1.807) is 6.20 Å². The minimum atomic E-state index is -0.0106. The minimum Gasteiger partial charge on any atom is -0.366 e.